The van der Waals surface area contributed by atoms with E-state index in [0.717, 1.165) is 6.42 Å². The van der Waals surface area contributed by atoms with E-state index in [1.165, 1.54) is 39.0 Å². The van der Waals surface area contributed by atoms with E-state index in [-0.39, 0.29) is 5.41 Å². The molecule has 1 fully saturated rings. The van der Waals surface area contributed by atoms with Gasteiger partial charge in [0.2, 0.25) is 0 Å². The van der Waals surface area contributed by atoms with Gasteiger partial charge >= 0.3 is 0 Å². The topological polar surface area (TPSA) is 0 Å². The maximum absolute atomic E-state index is 2.59. The molecule has 8 rings (SSSR count). The second kappa shape index (κ2) is 9.82. The third kappa shape index (κ3) is 3.85. The van der Waals surface area contributed by atoms with Crippen LogP contribution in [-0.4, -0.2) is 5.25 Å². The van der Waals surface area contributed by atoms with Crippen molar-refractivity contribution in [3.8, 4) is 0 Å². The summed E-state index contributed by atoms with van der Waals surface area (Å²) in [6.45, 7) is 0. The minimum atomic E-state index is -0.0908. The Labute approximate surface area is 230 Å². The van der Waals surface area contributed by atoms with Crippen molar-refractivity contribution in [1.82, 2.24) is 0 Å². The predicted octanol–water partition coefficient (Wildman–Crippen LogP) is 9.45. The van der Waals surface area contributed by atoms with E-state index >= 15 is 0 Å². The Morgan fingerprint density at radius 3 is 1.53 bits per heavy atom. The number of hydrogen-bond acceptors (Lipinski definition) is 1. The van der Waals surface area contributed by atoms with E-state index in [1.54, 1.807) is 0 Å². The highest BCUT2D eigenvalue weighted by Crippen LogP contribution is 2.66. The van der Waals surface area contributed by atoms with Crippen molar-refractivity contribution in [2.45, 2.75) is 28.3 Å². The molecular weight excluding hydrogens is 476 g/mol. The van der Waals surface area contributed by atoms with Gasteiger partial charge in [0.05, 0.1) is 0 Å². The van der Waals surface area contributed by atoms with Gasteiger partial charge in [0, 0.05) is 21.8 Å². The summed E-state index contributed by atoms with van der Waals surface area (Å²) in [5.74, 6) is 0.320. The van der Waals surface area contributed by atoms with Gasteiger partial charge in [-0.3, -0.25) is 0 Å². The van der Waals surface area contributed by atoms with Gasteiger partial charge in [-0.2, -0.15) is 0 Å². The van der Waals surface area contributed by atoms with Crippen LogP contribution in [0.3, 0.4) is 0 Å². The molecule has 1 saturated heterocycles. The lowest BCUT2D eigenvalue weighted by Crippen LogP contribution is -2.48. The van der Waals surface area contributed by atoms with Crippen LogP contribution in [0.25, 0.3) is 5.57 Å². The maximum Gasteiger partial charge on any atom is 0.0323 e. The molecule has 0 amide bonds. The lowest BCUT2D eigenvalue weighted by molar-refractivity contribution is 0.343. The molecule has 1 aliphatic carbocycles. The van der Waals surface area contributed by atoms with Gasteiger partial charge in [-0.25, -0.2) is 0 Å². The average molecular weight is 507 g/mol. The fourth-order valence-electron chi connectivity index (χ4n) is 6.86. The molecule has 3 unspecified atom stereocenters. The number of thioether (sulfide) groups is 1. The van der Waals surface area contributed by atoms with E-state index < -0.39 is 0 Å². The van der Waals surface area contributed by atoms with Crippen LogP contribution < -0.4 is 0 Å². The Morgan fingerprint density at radius 2 is 1.00 bits per heavy atom. The van der Waals surface area contributed by atoms with Crippen molar-refractivity contribution in [2.24, 2.45) is 0 Å². The normalized spacial score (nSPS) is 20.9. The first-order chi connectivity index (χ1) is 18.8. The molecule has 1 heteroatoms. The lowest BCUT2D eigenvalue weighted by atomic mass is 9.56. The molecular formula is C37H30S. The van der Waals surface area contributed by atoms with E-state index in [0.29, 0.717) is 16.4 Å². The summed E-state index contributed by atoms with van der Waals surface area (Å²) in [7, 11) is 0. The number of benzene rings is 5. The van der Waals surface area contributed by atoms with Gasteiger partial charge in [-0.15, -0.1) is 11.8 Å². The molecule has 0 radical (unpaired) electrons. The van der Waals surface area contributed by atoms with Crippen molar-refractivity contribution in [2.75, 3.05) is 0 Å². The standard InChI is InChI=1S/C37H30S/c1-5-15-27(16-6-1)33(28-17-7-2-8-18-28)25-34-36-32-24-14-13-23-31(32)35(38-34)26-37(36,29-19-9-3-10-20-29)30-21-11-4-12-22-30/h1-25,34-36H,26H2. The predicted molar refractivity (Wildman–Crippen MR) is 162 cm³/mol. The molecule has 3 aliphatic rings. The minimum absolute atomic E-state index is 0.0908. The lowest BCUT2D eigenvalue weighted by Gasteiger charge is -2.56. The zero-order valence-electron chi connectivity index (χ0n) is 21.3. The highest BCUT2D eigenvalue weighted by molar-refractivity contribution is 8.00. The fraction of sp³-hybridized carbons (Fsp3) is 0.135. The highest BCUT2D eigenvalue weighted by Gasteiger charge is 2.56. The Morgan fingerprint density at radius 1 is 0.553 bits per heavy atom. The van der Waals surface area contributed by atoms with Crippen molar-refractivity contribution in [3.63, 3.8) is 0 Å². The van der Waals surface area contributed by atoms with Crippen LogP contribution in [-0.2, 0) is 5.41 Å². The van der Waals surface area contributed by atoms with Gasteiger partial charge in [0.15, 0.2) is 0 Å². The average Bonchev–Trinajstić information content (AvgIpc) is 3.01. The second-order valence-electron chi connectivity index (χ2n) is 10.4. The first-order valence-corrected chi connectivity index (χ1v) is 14.5. The molecule has 0 aromatic heterocycles. The summed E-state index contributed by atoms with van der Waals surface area (Å²) in [6.07, 6.45) is 3.70. The molecule has 5 aromatic rings. The van der Waals surface area contributed by atoms with E-state index in [9.17, 15) is 0 Å². The summed E-state index contributed by atoms with van der Waals surface area (Å²) < 4.78 is 0. The maximum atomic E-state index is 2.59. The number of rotatable bonds is 5. The molecule has 0 spiro atoms. The zero-order chi connectivity index (χ0) is 25.4. The zero-order valence-corrected chi connectivity index (χ0v) is 22.1. The summed E-state index contributed by atoms with van der Waals surface area (Å²) in [4.78, 5) is 0. The van der Waals surface area contributed by atoms with E-state index in [4.69, 9.17) is 0 Å². The van der Waals surface area contributed by atoms with Crippen LogP contribution in [0, 0.1) is 0 Å². The van der Waals surface area contributed by atoms with Crippen LogP contribution >= 0.6 is 11.8 Å². The molecule has 0 saturated carbocycles. The van der Waals surface area contributed by atoms with Crippen molar-refractivity contribution < 1.29 is 0 Å². The molecule has 0 nitrogen and oxygen atoms in total. The van der Waals surface area contributed by atoms with Gasteiger partial charge in [-0.1, -0.05) is 152 Å². The summed E-state index contributed by atoms with van der Waals surface area (Å²) in [6, 6.07) is 53.6. The molecule has 184 valence electrons. The second-order valence-corrected chi connectivity index (χ2v) is 11.8. The Balaban J connectivity index is 1.48. The van der Waals surface area contributed by atoms with Crippen LogP contribution in [0.15, 0.2) is 152 Å². The van der Waals surface area contributed by atoms with Crippen LogP contribution in [0.1, 0.15) is 51.0 Å². The third-order valence-corrected chi connectivity index (χ3v) is 9.92. The number of fused-ring (bicyclic) bond motifs is 2. The molecule has 2 heterocycles. The highest BCUT2D eigenvalue weighted by atomic mass is 32.2. The summed E-state index contributed by atoms with van der Waals surface area (Å²) in [5, 5.41) is 0.769. The minimum Gasteiger partial charge on any atom is -0.145 e. The van der Waals surface area contributed by atoms with Crippen molar-refractivity contribution in [1.29, 1.82) is 0 Å². The van der Waals surface area contributed by atoms with Gasteiger partial charge in [0.25, 0.3) is 0 Å². The molecule has 2 aliphatic heterocycles. The third-order valence-electron chi connectivity index (χ3n) is 8.44. The van der Waals surface area contributed by atoms with E-state index in [2.05, 4.69) is 163 Å². The van der Waals surface area contributed by atoms with Crippen LogP contribution in [0.5, 0.6) is 0 Å². The largest absolute Gasteiger partial charge is 0.145 e. The molecule has 0 N–H and O–H groups in total. The smallest absolute Gasteiger partial charge is 0.0323 e. The first kappa shape index (κ1) is 23.3. The molecule has 3 atom stereocenters. The Hall–Kier alpha value is -3.81. The van der Waals surface area contributed by atoms with Crippen LogP contribution in [0.4, 0.5) is 0 Å². The van der Waals surface area contributed by atoms with E-state index in [1.807, 2.05) is 0 Å². The van der Waals surface area contributed by atoms with Crippen molar-refractivity contribution in [3.05, 3.63) is 185 Å². The first-order valence-electron chi connectivity index (χ1n) is 13.5. The number of hydrogen-bond donors (Lipinski definition) is 0. The monoisotopic (exact) mass is 506 g/mol. The molecule has 38 heavy (non-hydrogen) atoms. The fourth-order valence-corrected chi connectivity index (χ4v) is 8.71. The summed E-state index contributed by atoms with van der Waals surface area (Å²) in [5.41, 5.74) is 9.67. The molecule has 2 bridgehead atoms. The quantitative estimate of drug-likeness (QED) is 0.229. The SMILES string of the molecule is C(=C(c1ccccc1)c1ccccc1)C1SC2CC(c3ccccc3)(c3ccccc3)C1c1ccccc12. The van der Waals surface area contributed by atoms with Gasteiger partial charge in [0.1, 0.15) is 0 Å². The van der Waals surface area contributed by atoms with Crippen LogP contribution in [0.2, 0.25) is 0 Å². The van der Waals surface area contributed by atoms with Gasteiger partial charge in [-0.05, 0) is 45.4 Å². The van der Waals surface area contributed by atoms with Gasteiger partial charge < -0.3 is 0 Å². The Kier molecular flexibility index (Phi) is 6.02. The Bertz CT molecular complexity index is 1470. The van der Waals surface area contributed by atoms with Crippen molar-refractivity contribution >= 4 is 17.3 Å². The summed E-state index contributed by atoms with van der Waals surface area (Å²) >= 11 is 2.16. The molecule has 5 aromatic carbocycles.